The van der Waals surface area contributed by atoms with E-state index in [2.05, 4.69) is 15.9 Å². The molecule has 1 aliphatic rings. The minimum atomic E-state index is -1.39. The molecule has 1 unspecified atom stereocenters. The molecule has 1 atom stereocenters. The summed E-state index contributed by atoms with van der Waals surface area (Å²) in [6.45, 7) is 3.25. The number of Topliss-reactive ketones (excluding diaryl/α,β-unsaturated/α-hetero) is 1. The lowest BCUT2D eigenvalue weighted by Gasteiger charge is -2.18. The Morgan fingerprint density at radius 1 is 1.26 bits per heavy atom. The van der Waals surface area contributed by atoms with Gasteiger partial charge in [-0.25, -0.2) is 0 Å². The summed E-state index contributed by atoms with van der Waals surface area (Å²) in [5, 5.41) is 0. The van der Waals surface area contributed by atoms with Crippen molar-refractivity contribution in [1.82, 2.24) is 0 Å². The monoisotopic (exact) mass is 322 g/mol. The number of ether oxygens (including phenoxy) is 1. The van der Waals surface area contributed by atoms with Crippen LogP contribution in [-0.2, 0) is 14.3 Å². The fourth-order valence-electron chi connectivity index (χ4n) is 1.94. The van der Waals surface area contributed by atoms with Crippen molar-refractivity contribution >= 4 is 33.5 Å². The Morgan fingerprint density at radius 2 is 1.95 bits per heavy atom. The lowest BCUT2D eigenvalue weighted by atomic mass is 9.90. The van der Waals surface area contributed by atoms with Crippen molar-refractivity contribution in [3.05, 3.63) is 45.6 Å². The predicted octanol–water partition coefficient (Wildman–Crippen LogP) is 2.59. The van der Waals surface area contributed by atoms with Gasteiger partial charge in [0.05, 0.1) is 0 Å². The average Bonchev–Trinajstić information content (AvgIpc) is 2.26. The molecule has 0 N–H and O–H groups in total. The summed E-state index contributed by atoms with van der Waals surface area (Å²) < 4.78 is 5.68. The van der Waals surface area contributed by atoms with Gasteiger partial charge in [-0.3, -0.25) is 14.4 Å². The van der Waals surface area contributed by atoms with Crippen LogP contribution < -0.4 is 0 Å². The molecule has 19 heavy (non-hydrogen) atoms. The van der Waals surface area contributed by atoms with Crippen LogP contribution in [0.1, 0.15) is 22.8 Å². The molecule has 1 aromatic carbocycles. The first-order chi connectivity index (χ1) is 8.90. The number of benzene rings is 1. The summed E-state index contributed by atoms with van der Waals surface area (Å²) in [7, 11) is 0. The minimum absolute atomic E-state index is 0.214. The van der Waals surface area contributed by atoms with Crippen molar-refractivity contribution in [3.63, 3.8) is 0 Å². The van der Waals surface area contributed by atoms with Gasteiger partial charge in [0.2, 0.25) is 0 Å². The lowest BCUT2D eigenvalue weighted by molar-refractivity contribution is -0.146. The van der Waals surface area contributed by atoms with Crippen molar-refractivity contribution in [3.8, 4) is 0 Å². The van der Waals surface area contributed by atoms with E-state index in [1.165, 1.54) is 13.0 Å². The standard InChI is InChI=1S/C14H11BrO4/c1-7-5-9(15)3-4-10(7)13(17)12-11(16)6-8(2)19-14(12)18/h3-6,12H,1-2H3. The molecule has 0 aromatic heterocycles. The summed E-state index contributed by atoms with van der Waals surface area (Å²) in [5.41, 5.74) is 1.05. The summed E-state index contributed by atoms with van der Waals surface area (Å²) in [5.74, 6) is -3.03. The molecule has 0 fully saturated rings. The number of hydrogen-bond donors (Lipinski definition) is 0. The van der Waals surface area contributed by atoms with Gasteiger partial charge in [-0.05, 0) is 37.6 Å². The number of hydrogen-bond acceptors (Lipinski definition) is 4. The van der Waals surface area contributed by atoms with E-state index < -0.39 is 23.5 Å². The van der Waals surface area contributed by atoms with Crippen LogP contribution in [-0.4, -0.2) is 17.5 Å². The molecule has 1 aliphatic heterocycles. The number of rotatable bonds is 2. The van der Waals surface area contributed by atoms with Crippen LogP contribution in [0, 0.1) is 12.8 Å². The van der Waals surface area contributed by atoms with Crippen LogP contribution >= 0.6 is 15.9 Å². The Kier molecular flexibility index (Phi) is 3.66. The molecule has 0 amide bonds. The summed E-state index contributed by atoms with van der Waals surface area (Å²) in [4.78, 5) is 35.8. The van der Waals surface area contributed by atoms with E-state index in [1.54, 1.807) is 25.1 Å². The fraction of sp³-hybridized carbons (Fsp3) is 0.214. The maximum atomic E-state index is 12.3. The number of cyclic esters (lactones) is 1. The molecule has 5 heteroatoms. The van der Waals surface area contributed by atoms with E-state index in [0.29, 0.717) is 11.1 Å². The van der Waals surface area contributed by atoms with Crippen molar-refractivity contribution in [2.75, 3.05) is 0 Å². The zero-order valence-corrected chi connectivity index (χ0v) is 12.0. The predicted molar refractivity (Wildman–Crippen MR) is 71.6 cm³/mol. The highest BCUT2D eigenvalue weighted by atomic mass is 79.9. The molecule has 2 rings (SSSR count). The molecular formula is C14H11BrO4. The Labute approximate surface area is 118 Å². The van der Waals surface area contributed by atoms with Crippen LogP contribution in [0.2, 0.25) is 0 Å². The molecule has 4 nitrogen and oxygen atoms in total. The van der Waals surface area contributed by atoms with Crippen molar-refractivity contribution in [1.29, 1.82) is 0 Å². The smallest absolute Gasteiger partial charge is 0.329 e. The Morgan fingerprint density at radius 3 is 2.53 bits per heavy atom. The second kappa shape index (κ2) is 5.09. The molecule has 1 aromatic rings. The van der Waals surface area contributed by atoms with Crippen LogP contribution in [0.4, 0.5) is 0 Å². The third-order valence-corrected chi connectivity index (χ3v) is 3.34. The first kappa shape index (κ1) is 13.7. The SMILES string of the molecule is CC1=CC(=O)C(C(=O)c2ccc(Br)cc2C)C(=O)O1. The van der Waals surface area contributed by atoms with Crippen molar-refractivity contribution in [2.45, 2.75) is 13.8 Å². The zero-order valence-electron chi connectivity index (χ0n) is 10.4. The summed E-state index contributed by atoms with van der Waals surface area (Å²) in [6.07, 6.45) is 1.18. The normalized spacial score (nSPS) is 18.9. The number of allylic oxidation sites excluding steroid dienone is 2. The third kappa shape index (κ3) is 2.66. The van der Waals surface area contributed by atoms with Gasteiger partial charge in [0.15, 0.2) is 17.5 Å². The van der Waals surface area contributed by atoms with Crippen LogP contribution in [0.3, 0.4) is 0 Å². The zero-order chi connectivity index (χ0) is 14.2. The van der Waals surface area contributed by atoms with Gasteiger partial charge >= 0.3 is 5.97 Å². The van der Waals surface area contributed by atoms with E-state index in [4.69, 9.17) is 4.74 Å². The van der Waals surface area contributed by atoms with Gasteiger partial charge in [0.1, 0.15) is 5.76 Å². The molecular weight excluding hydrogens is 312 g/mol. The van der Waals surface area contributed by atoms with E-state index in [9.17, 15) is 14.4 Å². The van der Waals surface area contributed by atoms with Gasteiger partial charge in [-0.1, -0.05) is 15.9 Å². The van der Waals surface area contributed by atoms with Gasteiger partial charge in [-0.2, -0.15) is 0 Å². The molecule has 0 saturated carbocycles. The Bertz CT molecular complexity index is 616. The van der Waals surface area contributed by atoms with Gasteiger partial charge in [0.25, 0.3) is 0 Å². The van der Waals surface area contributed by atoms with E-state index in [-0.39, 0.29) is 5.76 Å². The summed E-state index contributed by atoms with van der Waals surface area (Å²) in [6, 6.07) is 5.04. The van der Waals surface area contributed by atoms with Crippen molar-refractivity contribution in [2.24, 2.45) is 5.92 Å². The Balaban J connectivity index is 2.39. The molecule has 1 heterocycles. The fourth-order valence-corrected chi connectivity index (χ4v) is 2.42. The molecule has 0 saturated heterocycles. The van der Waals surface area contributed by atoms with E-state index >= 15 is 0 Å². The van der Waals surface area contributed by atoms with Crippen LogP contribution in [0.25, 0.3) is 0 Å². The highest BCUT2D eigenvalue weighted by Crippen LogP contribution is 2.23. The molecule has 0 radical (unpaired) electrons. The number of esters is 1. The number of aryl methyl sites for hydroxylation is 1. The largest absolute Gasteiger partial charge is 0.430 e. The maximum absolute atomic E-state index is 12.3. The third-order valence-electron chi connectivity index (χ3n) is 2.84. The number of carbonyl (C=O) groups is 3. The number of halogens is 1. The Hall–Kier alpha value is -1.75. The summed E-state index contributed by atoms with van der Waals surface area (Å²) >= 11 is 3.29. The first-order valence-electron chi connectivity index (χ1n) is 5.64. The first-order valence-corrected chi connectivity index (χ1v) is 6.43. The lowest BCUT2D eigenvalue weighted by Crippen LogP contribution is -2.35. The second-order valence-corrected chi connectivity index (χ2v) is 5.25. The second-order valence-electron chi connectivity index (χ2n) is 4.33. The number of ketones is 2. The maximum Gasteiger partial charge on any atom is 0.329 e. The van der Waals surface area contributed by atoms with E-state index in [0.717, 1.165) is 4.47 Å². The average molecular weight is 323 g/mol. The molecule has 0 spiro atoms. The highest BCUT2D eigenvalue weighted by Gasteiger charge is 2.38. The van der Waals surface area contributed by atoms with Gasteiger partial charge in [0, 0.05) is 16.1 Å². The van der Waals surface area contributed by atoms with Gasteiger partial charge < -0.3 is 4.74 Å². The molecule has 98 valence electrons. The topological polar surface area (TPSA) is 60.4 Å². The molecule has 0 bridgehead atoms. The molecule has 0 aliphatic carbocycles. The van der Waals surface area contributed by atoms with Crippen molar-refractivity contribution < 1.29 is 19.1 Å². The van der Waals surface area contributed by atoms with Crippen LogP contribution in [0.5, 0.6) is 0 Å². The quantitative estimate of drug-likeness (QED) is 0.477. The van der Waals surface area contributed by atoms with Crippen LogP contribution in [0.15, 0.2) is 34.5 Å². The van der Waals surface area contributed by atoms with E-state index in [1.807, 2.05) is 0 Å². The van der Waals surface area contributed by atoms with Gasteiger partial charge in [-0.15, -0.1) is 0 Å². The minimum Gasteiger partial charge on any atom is -0.430 e. The highest BCUT2D eigenvalue weighted by molar-refractivity contribution is 9.10. The number of carbonyl (C=O) groups excluding carboxylic acids is 3.